The van der Waals surface area contributed by atoms with Crippen LogP contribution in [0.5, 0.6) is 0 Å². The first-order valence-electron chi connectivity index (χ1n) is 7.10. The van der Waals surface area contributed by atoms with Crippen LogP contribution in [0.3, 0.4) is 0 Å². The van der Waals surface area contributed by atoms with Crippen molar-refractivity contribution in [2.75, 3.05) is 19.6 Å². The third-order valence-electron chi connectivity index (χ3n) is 4.16. The summed E-state index contributed by atoms with van der Waals surface area (Å²) in [6.45, 7) is 8.99. The molecule has 1 aliphatic heterocycles. The maximum atomic E-state index is 4.57. The molecule has 2 heterocycles. The second-order valence-electron chi connectivity index (χ2n) is 5.76. The van der Waals surface area contributed by atoms with E-state index >= 15 is 0 Å². The molecule has 4 heteroatoms. The molecule has 1 aromatic rings. The lowest BCUT2D eigenvalue weighted by molar-refractivity contribution is 0.312. The average molecular weight is 265 g/mol. The molecule has 1 aliphatic carbocycles. The van der Waals surface area contributed by atoms with E-state index in [0.717, 1.165) is 25.0 Å². The van der Waals surface area contributed by atoms with Crippen LogP contribution in [0.4, 0.5) is 0 Å². The number of nitrogens with one attached hydrogen (secondary N) is 1. The maximum Gasteiger partial charge on any atom is 0.107 e. The Morgan fingerprint density at radius 2 is 2.17 bits per heavy atom. The molecule has 1 unspecified atom stereocenters. The number of hydrogen-bond donors (Lipinski definition) is 1. The van der Waals surface area contributed by atoms with Crippen molar-refractivity contribution in [2.24, 2.45) is 5.92 Å². The molecule has 0 amide bonds. The van der Waals surface area contributed by atoms with Gasteiger partial charge in [0, 0.05) is 24.0 Å². The lowest BCUT2D eigenvalue weighted by Crippen LogP contribution is -2.27. The van der Waals surface area contributed by atoms with Crippen LogP contribution in [0.15, 0.2) is 0 Å². The summed E-state index contributed by atoms with van der Waals surface area (Å²) in [5, 5.41) is 4.82. The highest BCUT2D eigenvalue weighted by molar-refractivity contribution is 7.11. The lowest BCUT2D eigenvalue weighted by Gasteiger charge is -2.14. The Morgan fingerprint density at radius 1 is 1.33 bits per heavy atom. The van der Waals surface area contributed by atoms with Crippen molar-refractivity contribution in [3.63, 3.8) is 0 Å². The van der Waals surface area contributed by atoms with Gasteiger partial charge in [0.1, 0.15) is 5.01 Å². The van der Waals surface area contributed by atoms with Crippen LogP contribution in [0.1, 0.15) is 34.8 Å². The molecular weight excluding hydrogens is 242 g/mol. The van der Waals surface area contributed by atoms with Crippen molar-refractivity contribution >= 4 is 11.3 Å². The zero-order chi connectivity index (χ0) is 12.5. The zero-order valence-electron chi connectivity index (χ0n) is 11.4. The first-order chi connectivity index (χ1) is 8.72. The van der Waals surface area contributed by atoms with Gasteiger partial charge in [-0.05, 0) is 52.1 Å². The van der Waals surface area contributed by atoms with E-state index in [1.165, 1.54) is 47.9 Å². The molecule has 3 rings (SSSR count). The van der Waals surface area contributed by atoms with Crippen molar-refractivity contribution in [2.45, 2.75) is 45.7 Å². The topological polar surface area (TPSA) is 28.2 Å². The summed E-state index contributed by atoms with van der Waals surface area (Å²) in [6.07, 6.45) is 4.26. The standard InChI is InChI=1S/C14H23N3S/c1-10-11(2)18-14(16-10)8-15-7-12-5-6-17(9-12)13-3-4-13/h12-13,15H,3-9H2,1-2H3. The van der Waals surface area contributed by atoms with E-state index in [1.807, 2.05) is 11.3 Å². The third kappa shape index (κ3) is 2.92. The highest BCUT2D eigenvalue weighted by atomic mass is 32.1. The fourth-order valence-corrected chi connectivity index (χ4v) is 3.70. The van der Waals surface area contributed by atoms with Crippen molar-refractivity contribution in [1.29, 1.82) is 0 Å². The van der Waals surface area contributed by atoms with Gasteiger partial charge in [-0.2, -0.15) is 0 Å². The molecular formula is C14H23N3S. The van der Waals surface area contributed by atoms with Gasteiger partial charge in [-0.3, -0.25) is 0 Å². The van der Waals surface area contributed by atoms with Crippen LogP contribution in [0.2, 0.25) is 0 Å². The molecule has 3 nitrogen and oxygen atoms in total. The summed E-state index contributed by atoms with van der Waals surface area (Å²) >= 11 is 1.83. The van der Waals surface area contributed by atoms with Crippen LogP contribution in [-0.2, 0) is 6.54 Å². The molecule has 0 spiro atoms. The Hall–Kier alpha value is -0.450. The molecule has 100 valence electrons. The van der Waals surface area contributed by atoms with Gasteiger partial charge in [0.05, 0.1) is 5.69 Å². The van der Waals surface area contributed by atoms with Gasteiger partial charge in [0.2, 0.25) is 0 Å². The number of aromatic nitrogens is 1. The highest BCUT2D eigenvalue weighted by Crippen LogP contribution is 2.31. The monoisotopic (exact) mass is 265 g/mol. The van der Waals surface area contributed by atoms with E-state index in [-0.39, 0.29) is 0 Å². The Labute approximate surface area is 114 Å². The fraction of sp³-hybridized carbons (Fsp3) is 0.786. The second-order valence-corrected chi connectivity index (χ2v) is 7.05. The minimum Gasteiger partial charge on any atom is -0.310 e. The smallest absolute Gasteiger partial charge is 0.107 e. The molecule has 0 aromatic carbocycles. The molecule has 2 fully saturated rings. The predicted molar refractivity (Wildman–Crippen MR) is 76.0 cm³/mol. The maximum absolute atomic E-state index is 4.57. The van der Waals surface area contributed by atoms with Crippen LogP contribution in [0.25, 0.3) is 0 Å². The van der Waals surface area contributed by atoms with Gasteiger partial charge in [0.15, 0.2) is 0 Å². The van der Waals surface area contributed by atoms with E-state index in [9.17, 15) is 0 Å². The molecule has 2 aliphatic rings. The van der Waals surface area contributed by atoms with E-state index in [4.69, 9.17) is 0 Å². The van der Waals surface area contributed by atoms with Gasteiger partial charge in [-0.1, -0.05) is 0 Å². The summed E-state index contributed by atoms with van der Waals surface area (Å²) in [6, 6.07) is 0.944. The molecule has 1 saturated heterocycles. The van der Waals surface area contributed by atoms with Crippen LogP contribution < -0.4 is 5.32 Å². The summed E-state index contributed by atoms with van der Waals surface area (Å²) in [5.74, 6) is 0.854. The average Bonchev–Trinajstić information content (AvgIpc) is 3.01. The normalized spacial score (nSPS) is 24.9. The minimum atomic E-state index is 0.854. The van der Waals surface area contributed by atoms with Gasteiger partial charge in [-0.15, -0.1) is 11.3 Å². The predicted octanol–water partition coefficient (Wildman–Crippen LogP) is 2.33. The molecule has 1 atom stereocenters. The van der Waals surface area contributed by atoms with E-state index in [2.05, 4.69) is 29.0 Å². The Balaban J connectivity index is 1.39. The summed E-state index contributed by atoms with van der Waals surface area (Å²) in [4.78, 5) is 8.61. The number of rotatable bonds is 5. The summed E-state index contributed by atoms with van der Waals surface area (Å²) in [7, 11) is 0. The largest absolute Gasteiger partial charge is 0.310 e. The molecule has 0 bridgehead atoms. The van der Waals surface area contributed by atoms with Crippen LogP contribution in [0, 0.1) is 19.8 Å². The van der Waals surface area contributed by atoms with Crippen molar-refractivity contribution in [3.05, 3.63) is 15.6 Å². The highest BCUT2D eigenvalue weighted by Gasteiger charge is 2.33. The van der Waals surface area contributed by atoms with E-state index in [1.54, 1.807) is 0 Å². The zero-order valence-corrected chi connectivity index (χ0v) is 12.2. The van der Waals surface area contributed by atoms with Gasteiger partial charge in [-0.25, -0.2) is 4.98 Å². The van der Waals surface area contributed by atoms with E-state index in [0.29, 0.717) is 0 Å². The van der Waals surface area contributed by atoms with Crippen LogP contribution >= 0.6 is 11.3 Å². The third-order valence-corrected chi connectivity index (χ3v) is 5.24. The second kappa shape index (κ2) is 5.27. The quantitative estimate of drug-likeness (QED) is 0.885. The van der Waals surface area contributed by atoms with Crippen molar-refractivity contribution in [3.8, 4) is 0 Å². The number of nitrogens with zero attached hydrogens (tertiary/aromatic N) is 2. The summed E-state index contributed by atoms with van der Waals surface area (Å²) < 4.78 is 0. The number of thiazole rings is 1. The van der Waals surface area contributed by atoms with Gasteiger partial charge >= 0.3 is 0 Å². The minimum absolute atomic E-state index is 0.854. The molecule has 1 N–H and O–H groups in total. The molecule has 1 aromatic heterocycles. The number of likely N-dealkylation sites (tertiary alicyclic amines) is 1. The number of aryl methyl sites for hydroxylation is 2. The Kier molecular flexibility index (Phi) is 3.68. The van der Waals surface area contributed by atoms with Gasteiger partial charge in [0.25, 0.3) is 0 Å². The van der Waals surface area contributed by atoms with Crippen molar-refractivity contribution < 1.29 is 0 Å². The molecule has 18 heavy (non-hydrogen) atoms. The van der Waals surface area contributed by atoms with Crippen LogP contribution in [-0.4, -0.2) is 35.6 Å². The SMILES string of the molecule is Cc1nc(CNCC2CCN(C3CC3)C2)sc1C. The number of hydrogen-bond acceptors (Lipinski definition) is 4. The van der Waals surface area contributed by atoms with Crippen molar-refractivity contribution in [1.82, 2.24) is 15.2 Å². The fourth-order valence-electron chi connectivity index (χ4n) is 2.80. The van der Waals surface area contributed by atoms with E-state index < -0.39 is 0 Å². The first-order valence-corrected chi connectivity index (χ1v) is 7.91. The lowest BCUT2D eigenvalue weighted by atomic mass is 10.1. The Bertz CT molecular complexity index is 392. The molecule has 0 radical (unpaired) electrons. The Morgan fingerprint density at radius 3 is 2.83 bits per heavy atom. The first kappa shape index (κ1) is 12.6. The molecule has 1 saturated carbocycles. The van der Waals surface area contributed by atoms with Gasteiger partial charge < -0.3 is 10.2 Å². The summed E-state index contributed by atoms with van der Waals surface area (Å²) in [5.41, 5.74) is 1.19.